The third kappa shape index (κ3) is 4.81. The number of fused-ring (bicyclic) bond motifs is 2. The van der Waals surface area contributed by atoms with E-state index in [1.165, 1.54) is 0 Å². The van der Waals surface area contributed by atoms with Gasteiger partial charge in [0.05, 0.1) is 28.7 Å². The van der Waals surface area contributed by atoms with Crippen LogP contribution in [0.3, 0.4) is 0 Å². The molecule has 0 spiro atoms. The zero-order valence-corrected chi connectivity index (χ0v) is 20.7. The largest absolute Gasteiger partial charge is 0.386 e. The highest BCUT2D eigenvalue weighted by Crippen LogP contribution is 2.31. The van der Waals surface area contributed by atoms with Gasteiger partial charge in [0.2, 0.25) is 5.91 Å². The van der Waals surface area contributed by atoms with Gasteiger partial charge in [0, 0.05) is 74.7 Å². The van der Waals surface area contributed by atoms with Crippen LogP contribution in [0.5, 0.6) is 0 Å². The summed E-state index contributed by atoms with van der Waals surface area (Å²) in [5, 5.41) is 13.1. The number of aliphatic hydroxyl groups is 1. The number of aryl methyl sites for hydroxylation is 2. The van der Waals surface area contributed by atoms with Crippen LogP contribution in [-0.4, -0.2) is 67.7 Å². The normalized spacial score (nSPS) is 18.3. The second-order valence-electron chi connectivity index (χ2n) is 9.44. The zero-order chi connectivity index (χ0) is 24.6. The molecule has 1 fully saturated rings. The van der Waals surface area contributed by atoms with Crippen LogP contribution in [0.1, 0.15) is 25.1 Å². The molecule has 0 unspecified atom stereocenters. The van der Waals surface area contributed by atoms with Crippen LogP contribution >= 0.6 is 11.6 Å². The fourth-order valence-electron chi connectivity index (χ4n) is 5.08. The molecule has 9 heteroatoms. The van der Waals surface area contributed by atoms with E-state index >= 15 is 0 Å². The van der Waals surface area contributed by atoms with Gasteiger partial charge in [-0.25, -0.2) is 4.98 Å². The number of pyridine rings is 2. The maximum atomic E-state index is 13.0. The molecule has 1 aliphatic rings. The van der Waals surface area contributed by atoms with Crippen LogP contribution < -0.4 is 4.90 Å². The van der Waals surface area contributed by atoms with Crippen molar-refractivity contribution >= 4 is 45.1 Å². The Bertz CT molecular complexity index is 1380. The second-order valence-corrected chi connectivity index (χ2v) is 9.88. The molecule has 0 radical (unpaired) electrons. The minimum absolute atomic E-state index is 0.0146. The number of benzene rings is 1. The van der Waals surface area contributed by atoms with Gasteiger partial charge in [-0.3, -0.25) is 14.8 Å². The molecule has 1 amide bonds. The Kier molecular flexibility index (Phi) is 6.34. The number of β-amino-alcohol motifs (C(OH)–C–C–N with tert-alkyl or cyclic N) is 1. The summed E-state index contributed by atoms with van der Waals surface area (Å²) >= 11 is 6.09. The number of piperidine rings is 1. The van der Waals surface area contributed by atoms with Gasteiger partial charge in [-0.2, -0.15) is 0 Å². The number of hydrogen-bond acceptors (Lipinski definition) is 6. The number of hydrogen-bond donors (Lipinski definition) is 1. The van der Waals surface area contributed by atoms with E-state index in [1.807, 2.05) is 48.1 Å². The summed E-state index contributed by atoms with van der Waals surface area (Å²) in [5.74, 6) is 0.823. The van der Waals surface area contributed by atoms with Gasteiger partial charge in [-0.05, 0) is 43.2 Å². The van der Waals surface area contributed by atoms with Crippen LogP contribution in [0.25, 0.3) is 21.9 Å². The van der Waals surface area contributed by atoms with Crippen LogP contribution in [0.2, 0.25) is 5.02 Å². The second kappa shape index (κ2) is 9.43. The number of halogens is 1. The van der Waals surface area contributed by atoms with Crippen molar-refractivity contribution in [3.8, 4) is 0 Å². The van der Waals surface area contributed by atoms with Crippen molar-refractivity contribution < 1.29 is 9.90 Å². The molecule has 1 aliphatic heterocycles. The van der Waals surface area contributed by atoms with Crippen molar-refractivity contribution in [3.05, 3.63) is 59.8 Å². The van der Waals surface area contributed by atoms with Gasteiger partial charge in [-0.15, -0.1) is 0 Å². The number of carbonyl (C=O) groups excluding carboxylic acids is 1. The number of amides is 1. The van der Waals surface area contributed by atoms with E-state index in [9.17, 15) is 9.90 Å². The van der Waals surface area contributed by atoms with Crippen molar-refractivity contribution in [3.63, 3.8) is 0 Å². The first-order valence-corrected chi connectivity index (χ1v) is 12.2. The van der Waals surface area contributed by atoms with Gasteiger partial charge in [0.25, 0.3) is 0 Å². The smallest absolute Gasteiger partial charge is 0.222 e. The van der Waals surface area contributed by atoms with Gasteiger partial charge in [0.15, 0.2) is 0 Å². The first-order valence-electron chi connectivity index (χ1n) is 11.8. The Labute approximate surface area is 209 Å². The molecule has 0 saturated carbocycles. The van der Waals surface area contributed by atoms with Gasteiger partial charge in [0.1, 0.15) is 5.82 Å². The number of rotatable bonds is 6. The molecule has 1 aromatic carbocycles. The summed E-state index contributed by atoms with van der Waals surface area (Å²) in [4.78, 5) is 30.1. The van der Waals surface area contributed by atoms with Crippen molar-refractivity contribution in [2.45, 2.75) is 31.3 Å². The maximum Gasteiger partial charge on any atom is 0.222 e. The Hall–Kier alpha value is -3.23. The molecule has 5 rings (SSSR count). The molecule has 1 atom stereocenters. The summed E-state index contributed by atoms with van der Waals surface area (Å²) in [5.41, 5.74) is 2.71. The number of aromatic nitrogens is 4. The van der Waals surface area contributed by atoms with E-state index in [0.29, 0.717) is 30.8 Å². The van der Waals surface area contributed by atoms with Crippen molar-refractivity contribution in [1.29, 1.82) is 0 Å². The third-order valence-corrected chi connectivity index (χ3v) is 7.11. The lowest BCUT2D eigenvalue weighted by Gasteiger charge is -2.42. The predicted octanol–water partition coefficient (Wildman–Crippen LogP) is 3.59. The minimum atomic E-state index is -0.991. The van der Waals surface area contributed by atoms with Crippen LogP contribution in [-0.2, 0) is 18.3 Å². The Morgan fingerprint density at radius 3 is 2.94 bits per heavy atom. The molecule has 0 aliphatic carbocycles. The van der Waals surface area contributed by atoms with Crippen molar-refractivity contribution in [2.75, 3.05) is 31.6 Å². The topological polar surface area (TPSA) is 87.4 Å². The Balaban J connectivity index is 1.24. The monoisotopic (exact) mass is 492 g/mol. The van der Waals surface area contributed by atoms with Gasteiger partial charge < -0.3 is 19.5 Å². The van der Waals surface area contributed by atoms with E-state index < -0.39 is 5.60 Å². The maximum absolute atomic E-state index is 13.0. The van der Waals surface area contributed by atoms with E-state index in [2.05, 4.69) is 19.9 Å². The quantitative estimate of drug-likeness (QED) is 0.442. The number of nitrogens with zero attached hydrogens (tertiary/aromatic N) is 6. The fraction of sp³-hybridized carbons (Fsp3) is 0.385. The summed E-state index contributed by atoms with van der Waals surface area (Å²) in [6, 6.07) is 9.47. The van der Waals surface area contributed by atoms with Crippen LogP contribution in [0.4, 0.5) is 5.69 Å². The predicted molar refractivity (Wildman–Crippen MR) is 138 cm³/mol. The number of imidazole rings is 1. The molecule has 35 heavy (non-hydrogen) atoms. The molecular weight excluding hydrogens is 464 g/mol. The highest BCUT2D eigenvalue weighted by Gasteiger charge is 2.36. The average Bonchev–Trinajstić information content (AvgIpc) is 3.16. The van der Waals surface area contributed by atoms with E-state index in [4.69, 9.17) is 11.6 Å². The van der Waals surface area contributed by atoms with Crippen molar-refractivity contribution in [1.82, 2.24) is 24.4 Å². The fourth-order valence-corrected chi connectivity index (χ4v) is 5.25. The first-order chi connectivity index (χ1) is 16.8. The summed E-state index contributed by atoms with van der Waals surface area (Å²) in [6.45, 7) is 1.57. The molecule has 0 bridgehead atoms. The highest BCUT2D eigenvalue weighted by atomic mass is 35.5. The average molecular weight is 493 g/mol. The third-order valence-electron chi connectivity index (χ3n) is 6.87. The van der Waals surface area contributed by atoms with Crippen LogP contribution in [0, 0.1) is 0 Å². The number of likely N-dealkylation sites (N-methyl/N-ethyl adjacent to an activating group) is 1. The SMILES string of the molecule is CN(C[C@@]1(O)CCCN(c2ccnc3ccncc23)C1)C(=O)CCc1nc2cc(Cl)ccc2n1C. The standard InChI is InChI=1S/C26H29ClN6O2/c1-31(25(34)7-6-24-30-21-14-18(27)4-5-23(21)32(24)2)16-26(35)10-3-13-33(17-26)22-9-12-29-20-8-11-28-15-19(20)22/h4-5,8-9,11-12,14-15,35H,3,6-7,10,13,16-17H2,1-2H3/t26-/m0/s1. The first kappa shape index (κ1) is 23.5. The molecule has 3 aromatic heterocycles. The van der Waals surface area contributed by atoms with Crippen molar-refractivity contribution in [2.24, 2.45) is 7.05 Å². The Morgan fingerprint density at radius 1 is 1.23 bits per heavy atom. The molecule has 8 nitrogen and oxygen atoms in total. The molecular formula is C26H29ClN6O2. The molecule has 1 saturated heterocycles. The Morgan fingerprint density at radius 2 is 2.09 bits per heavy atom. The van der Waals surface area contributed by atoms with Crippen LogP contribution in [0.15, 0.2) is 48.9 Å². The lowest BCUT2D eigenvalue weighted by molar-refractivity contribution is -0.133. The molecule has 4 aromatic rings. The highest BCUT2D eigenvalue weighted by molar-refractivity contribution is 6.31. The summed E-state index contributed by atoms with van der Waals surface area (Å²) in [6.07, 6.45) is 7.66. The molecule has 182 valence electrons. The number of carbonyl (C=O) groups is 1. The lowest BCUT2D eigenvalue weighted by atomic mass is 9.91. The van der Waals surface area contributed by atoms with E-state index in [0.717, 1.165) is 46.4 Å². The van der Waals surface area contributed by atoms with Gasteiger partial charge >= 0.3 is 0 Å². The van der Waals surface area contributed by atoms with Gasteiger partial charge in [-0.1, -0.05) is 11.6 Å². The molecule has 4 heterocycles. The molecule has 1 N–H and O–H groups in total. The van der Waals surface area contributed by atoms with E-state index in [1.54, 1.807) is 24.3 Å². The lowest BCUT2D eigenvalue weighted by Crippen LogP contribution is -2.54. The minimum Gasteiger partial charge on any atom is -0.386 e. The van der Waals surface area contributed by atoms with E-state index in [-0.39, 0.29) is 12.5 Å². The summed E-state index contributed by atoms with van der Waals surface area (Å²) in [7, 11) is 3.71. The number of anilines is 1. The zero-order valence-electron chi connectivity index (χ0n) is 20.0. The summed E-state index contributed by atoms with van der Waals surface area (Å²) < 4.78 is 2.00.